The van der Waals surface area contributed by atoms with E-state index in [9.17, 15) is 0 Å². The van der Waals surface area contributed by atoms with Gasteiger partial charge in [0.05, 0.1) is 0 Å². The molecule has 1 aliphatic heterocycles. The van der Waals surface area contributed by atoms with Crippen LogP contribution in [0.2, 0.25) is 10.6 Å². The Bertz CT molecular complexity index is 186. The molecule has 0 amide bonds. The normalized spacial score (nSPS) is 28.5. The van der Waals surface area contributed by atoms with Gasteiger partial charge < -0.3 is 0 Å². The van der Waals surface area contributed by atoms with Crippen molar-refractivity contribution in [2.24, 2.45) is 0 Å². The van der Waals surface area contributed by atoms with Gasteiger partial charge >= 0.3 is 70.3 Å². The van der Waals surface area contributed by atoms with Gasteiger partial charge in [-0.1, -0.05) is 0 Å². The molecular weight excluding hydrogens is 211 g/mol. The minimum atomic E-state index is -0.181. The fourth-order valence-corrected chi connectivity index (χ4v) is 3.32. The molecule has 0 spiro atoms. The summed E-state index contributed by atoms with van der Waals surface area (Å²) in [5.74, 6) is 0. The number of hydrogen-bond acceptors (Lipinski definition) is 4. The number of ether oxygens (including phenoxy) is 2. The van der Waals surface area contributed by atoms with Crippen LogP contribution in [0.3, 0.4) is 0 Å². The van der Waals surface area contributed by atoms with Crippen LogP contribution in [0.15, 0.2) is 0 Å². The fourth-order valence-electron chi connectivity index (χ4n) is 0.870. The molecule has 1 rings (SSSR count). The van der Waals surface area contributed by atoms with E-state index in [1.54, 1.807) is 12.5 Å². The van der Waals surface area contributed by atoms with Gasteiger partial charge in [-0.3, -0.25) is 0 Å². The molecular formula is C6H6N2O2Se. The monoisotopic (exact) mass is 218 g/mol. The summed E-state index contributed by atoms with van der Waals surface area (Å²) in [6.07, 6.45) is 2.88. The second-order valence-electron chi connectivity index (χ2n) is 2.03. The first-order valence-electron chi connectivity index (χ1n) is 3.05. The molecule has 1 saturated heterocycles. The molecule has 4 nitrogen and oxygen atoms in total. The van der Waals surface area contributed by atoms with Crippen molar-refractivity contribution >= 4 is 15.0 Å². The summed E-state index contributed by atoms with van der Waals surface area (Å²) in [7, 11) is 0. The Labute approximate surface area is 70.9 Å². The Morgan fingerprint density at radius 1 is 1.09 bits per heavy atom. The molecule has 2 unspecified atom stereocenters. The Hall–Kier alpha value is -0.901. The van der Waals surface area contributed by atoms with Crippen molar-refractivity contribution in [3.63, 3.8) is 0 Å². The molecule has 2 atom stereocenters. The van der Waals surface area contributed by atoms with Crippen LogP contribution in [0.1, 0.15) is 0 Å². The molecule has 0 aromatic rings. The Morgan fingerprint density at radius 2 is 1.55 bits per heavy atom. The van der Waals surface area contributed by atoms with Gasteiger partial charge in [0, 0.05) is 0 Å². The maximum atomic E-state index is 8.21. The molecule has 1 fully saturated rings. The third kappa shape index (κ3) is 2.01. The average molecular weight is 217 g/mol. The van der Waals surface area contributed by atoms with Gasteiger partial charge in [0.15, 0.2) is 0 Å². The van der Waals surface area contributed by atoms with E-state index in [0.717, 1.165) is 10.6 Å². The second-order valence-corrected chi connectivity index (χ2v) is 4.29. The van der Waals surface area contributed by atoms with E-state index >= 15 is 0 Å². The molecule has 0 radical (unpaired) electrons. The quantitative estimate of drug-likeness (QED) is 0.492. The summed E-state index contributed by atoms with van der Waals surface area (Å²) in [6, 6.07) is 0. The SMILES string of the molecule is N#COC1C[Se]CC1OC#N. The van der Waals surface area contributed by atoms with Crippen molar-refractivity contribution < 1.29 is 9.47 Å². The third-order valence-electron chi connectivity index (χ3n) is 1.39. The van der Waals surface area contributed by atoms with Crippen LogP contribution in [0.25, 0.3) is 0 Å². The molecule has 0 saturated carbocycles. The van der Waals surface area contributed by atoms with Gasteiger partial charge in [-0.15, -0.1) is 0 Å². The summed E-state index contributed by atoms with van der Waals surface area (Å²) in [5, 5.41) is 18.2. The predicted molar refractivity (Wildman–Crippen MR) is 36.3 cm³/mol. The van der Waals surface area contributed by atoms with Crippen LogP contribution in [-0.2, 0) is 9.47 Å². The maximum absolute atomic E-state index is 8.21. The number of nitriles is 2. The van der Waals surface area contributed by atoms with Crippen LogP contribution in [-0.4, -0.2) is 27.2 Å². The molecule has 11 heavy (non-hydrogen) atoms. The van der Waals surface area contributed by atoms with Crippen LogP contribution in [0, 0.1) is 23.0 Å². The van der Waals surface area contributed by atoms with E-state index in [1.165, 1.54) is 0 Å². The van der Waals surface area contributed by atoms with Crippen LogP contribution >= 0.6 is 0 Å². The van der Waals surface area contributed by atoms with E-state index < -0.39 is 0 Å². The zero-order valence-corrected chi connectivity index (χ0v) is 7.40. The average Bonchev–Trinajstić information content (AvgIpc) is 2.39. The topological polar surface area (TPSA) is 66.0 Å². The fraction of sp³-hybridized carbons (Fsp3) is 0.667. The standard InChI is InChI=1S/C6H6N2O2Se/c7-3-9-5-1-11-2-6(5)10-4-8/h5-6H,1-2H2. The van der Waals surface area contributed by atoms with Crippen LogP contribution in [0.5, 0.6) is 0 Å². The molecule has 58 valence electrons. The van der Waals surface area contributed by atoms with Crippen LogP contribution < -0.4 is 0 Å². The van der Waals surface area contributed by atoms with E-state index in [4.69, 9.17) is 20.0 Å². The second kappa shape index (κ2) is 4.08. The van der Waals surface area contributed by atoms with Crippen molar-refractivity contribution in [2.45, 2.75) is 22.8 Å². The summed E-state index contributed by atoms with van der Waals surface area (Å²) < 4.78 is 9.43. The van der Waals surface area contributed by atoms with E-state index in [1.807, 2.05) is 0 Å². The third-order valence-corrected chi connectivity index (χ3v) is 3.75. The summed E-state index contributed by atoms with van der Waals surface area (Å²) in [6.45, 7) is 0. The molecule has 5 heteroatoms. The number of nitrogens with zero attached hydrogens (tertiary/aromatic N) is 2. The van der Waals surface area contributed by atoms with Crippen LogP contribution in [0.4, 0.5) is 0 Å². The first-order chi connectivity index (χ1) is 5.38. The Morgan fingerprint density at radius 3 is 1.91 bits per heavy atom. The van der Waals surface area contributed by atoms with Gasteiger partial charge in [0.2, 0.25) is 0 Å². The Kier molecular flexibility index (Phi) is 3.04. The molecule has 1 aliphatic rings. The minimum absolute atomic E-state index is 0.181. The van der Waals surface area contributed by atoms with Crippen molar-refractivity contribution in [2.75, 3.05) is 0 Å². The summed E-state index contributed by atoms with van der Waals surface area (Å²) in [4.78, 5) is 0. The summed E-state index contributed by atoms with van der Waals surface area (Å²) >= 11 is 0.461. The van der Waals surface area contributed by atoms with Gasteiger partial charge in [0.1, 0.15) is 0 Å². The van der Waals surface area contributed by atoms with Crippen molar-refractivity contribution in [1.82, 2.24) is 0 Å². The van der Waals surface area contributed by atoms with Gasteiger partial charge in [-0.2, -0.15) is 0 Å². The number of hydrogen-bond donors (Lipinski definition) is 0. The van der Waals surface area contributed by atoms with Gasteiger partial charge in [0.25, 0.3) is 0 Å². The summed E-state index contributed by atoms with van der Waals surface area (Å²) in [5.41, 5.74) is 0. The molecule has 0 bridgehead atoms. The zero-order valence-electron chi connectivity index (χ0n) is 5.69. The van der Waals surface area contributed by atoms with Crippen molar-refractivity contribution in [3.05, 3.63) is 0 Å². The number of rotatable bonds is 2. The molecule has 0 aromatic carbocycles. The molecule has 0 N–H and O–H groups in total. The van der Waals surface area contributed by atoms with Crippen molar-refractivity contribution in [3.8, 4) is 12.5 Å². The van der Waals surface area contributed by atoms with E-state index in [-0.39, 0.29) is 12.2 Å². The first kappa shape index (κ1) is 8.20. The molecule has 0 aliphatic carbocycles. The van der Waals surface area contributed by atoms with Gasteiger partial charge in [-0.05, 0) is 0 Å². The van der Waals surface area contributed by atoms with E-state index in [0.29, 0.717) is 15.0 Å². The van der Waals surface area contributed by atoms with Crippen molar-refractivity contribution in [1.29, 1.82) is 10.5 Å². The van der Waals surface area contributed by atoms with Gasteiger partial charge in [-0.25, -0.2) is 0 Å². The molecule has 0 aromatic heterocycles. The first-order valence-corrected chi connectivity index (χ1v) is 5.48. The predicted octanol–water partition coefficient (Wildman–Crippen LogP) is 0.273. The zero-order chi connectivity index (χ0) is 8.10. The molecule has 1 heterocycles. The van der Waals surface area contributed by atoms with E-state index in [2.05, 4.69) is 0 Å². The Balaban J connectivity index is 2.40.